The summed E-state index contributed by atoms with van der Waals surface area (Å²) in [5.74, 6) is 0.778. The zero-order chi connectivity index (χ0) is 17.2. The Hall–Kier alpha value is -2.86. The number of hydrogen-bond acceptors (Lipinski definition) is 4. The van der Waals surface area contributed by atoms with Gasteiger partial charge in [0.25, 0.3) is 0 Å². The van der Waals surface area contributed by atoms with Gasteiger partial charge in [-0.15, -0.1) is 0 Å². The molecular formula is C18H13BClN5. The van der Waals surface area contributed by atoms with E-state index in [4.69, 9.17) is 19.4 Å². The summed E-state index contributed by atoms with van der Waals surface area (Å²) in [6.07, 6.45) is 5.16. The topological polar surface area (TPSA) is 55.1 Å². The first-order valence-electron chi connectivity index (χ1n) is 7.74. The van der Waals surface area contributed by atoms with Crippen molar-refractivity contribution in [1.82, 2.24) is 19.6 Å². The standard InChI is InChI=1S/C18H13BClN5/c19-14-11-23-25-17(22-10-12-4-3-7-21-9-12)8-16(24-18(14)25)13-5-1-2-6-15(13)20/h1-9,11,22H,10H2. The summed E-state index contributed by atoms with van der Waals surface area (Å²) in [5.41, 5.74) is 3.74. The van der Waals surface area contributed by atoms with E-state index in [0.717, 1.165) is 22.6 Å². The maximum atomic E-state index is 6.33. The van der Waals surface area contributed by atoms with Gasteiger partial charge in [-0.3, -0.25) is 4.98 Å². The van der Waals surface area contributed by atoms with E-state index in [0.29, 0.717) is 22.7 Å². The highest BCUT2D eigenvalue weighted by Crippen LogP contribution is 2.28. The number of nitrogens with zero attached hydrogens (tertiary/aromatic N) is 4. The van der Waals surface area contributed by atoms with Crippen LogP contribution in [0.2, 0.25) is 5.02 Å². The zero-order valence-electron chi connectivity index (χ0n) is 13.2. The van der Waals surface area contributed by atoms with Gasteiger partial charge >= 0.3 is 0 Å². The Labute approximate surface area is 151 Å². The molecule has 0 saturated carbocycles. The SMILES string of the molecule is [B]c1cnn2c(NCc3cccnc3)cc(-c3ccccc3Cl)nc12. The molecule has 1 aromatic carbocycles. The summed E-state index contributed by atoms with van der Waals surface area (Å²) in [4.78, 5) is 8.75. The summed E-state index contributed by atoms with van der Waals surface area (Å²) in [6, 6.07) is 13.4. The number of nitrogens with one attached hydrogen (secondary N) is 1. The Balaban J connectivity index is 1.78. The molecule has 120 valence electrons. The minimum Gasteiger partial charge on any atom is -0.366 e. The normalized spacial score (nSPS) is 10.9. The summed E-state index contributed by atoms with van der Waals surface area (Å²) in [6.45, 7) is 0.606. The Kier molecular flexibility index (Phi) is 4.11. The van der Waals surface area contributed by atoms with E-state index < -0.39 is 0 Å². The van der Waals surface area contributed by atoms with Crippen LogP contribution in [-0.2, 0) is 6.54 Å². The van der Waals surface area contributed by atoms with Crippen LogP contribution in [0.15, 0.2) is 61.1 Å². The lowest BCUT2D eigenvalue weighted by Gasteiger charge is -2.12. The van der Waals surface area contributed by atoms with Gasteiger partial charge in [0.1, 0.15) is 13.7 Å². The van der Waals surface area contributed by atoms with E-state index in [-0.39, 0.29) is 0 Å². The van der Waals surface area contributed by atoms with Crippen molar-refractivity contribution in [3.05, 3.63) is 71.6 Å². The second-order valence-corrected chi connectivity index (χ2v) is 5.96. The molecule has 0 unspecified atom stereocenters. The third-order valence-corrected chi connectivity index (χ3v) is 4.17. The molecule has 4 rings (SSSR count). The molecule has 3 heterocycles. The van der Waals surface area contributed by atoms with Crippen LogP contribution in [0.1, 0.15) is 5.56 Å². The molecule has 25 heavy (non-hydrogen) atoms. The van der Waals surface area contributed by atoms with Crippen LogP contribution in [0.4, 0.5) is 5.82 Å². The minimum absolute atomic E-state index is 0.512. The van der Waals surface area contributed by atoms with Crippen molar-refractivity contribution in [2.45, 2.75) is 6.54 Å². The lowest BCUT2D eigenvalue weighted by atomic mass is 10.0. The monoisotopic (exact) mass is 345 g/mol. The molecule has 0 atom stereocenters. The van der Waals surface area contributed by atoms with Crippen molar-refractivity contribution in [1.29, 1.82) is 0 Å². The zero-order valence-corrected chi connectivity index (χ0v) is 14.0. The van der Waals surface area contributed by atoms with Gasteiger partial charge in [-0.1, -0.05) is 35.9 Å². The molecule has 0 amide bonds. The van der Waals surface area contributed by atoms with Gasteiger partial charge in [0.15, 0.2) is 5.65 Å². The van der Waals surface area contributed by atoms with Crippen molar-refractivity contribution in [2.24, 2.45) is 0 Å². The van der Waals surface area contributed by atoms with Crippen molar-refractivity contribution in [2.75, 3.05) is 5.32 Å². The number of halogens is 1. The number of benzene rings is 1. The van der Waals surface area contributed by atoms with Crippen LogP contribution in [-0.4, -0.2) is 27.4 Å². The molecule has 0 bridgehead atoms. The Morgan fingerprint density at radius 2 is 2.00 bits per heavy atom. The van der Waals surface area contributed by atoms with Crippen LogP contribution in [0.5, 0.6) is 0 Å². The quantitative estimate of drug-likeness (QED) is 0.578. The molecule has 0 spiro atoms. The first kappa shape index (κ1) is 15.7. The molecule has 5 nitrogen and oxygen atoms in total. The first-order valence-corrected chi connectivity index (χ1v) is 8.12. The average molecular weight is 346 g/mol. The molecule has 0 fully saturated rings. The van der Waals surface area contributed by atoms with Crippen molar-refractivity contribution >= 4 is 36.4 Å². The van der Waals surface area contributed by atoms with Crippen LogP contribution < -0.4 is 10.8 Å². The number of pyridine rings is 1. The van der Waals surface area contributed by atoms with Gasteiger partial charge in [0.2, 0.25) is 0 Å². The molecule has 4 aromatic rings. The van der Waals surface area contributed by atoms with E-state index in [2.05, 4.69) is 20.4 Å². The van der Waals surface area contributed by atoms with Crippen LogP contribution in [0.3, 0.4) is 0 Å². The van der Waals surface area contributed by atoms with E-state index in [1.165, 1.54) is 0 Å². The van der Waals surface area contributed by atoms with Gasteiger partial charge < -0.3 is 5.32 Å². The number of hydrogen-bond donors (Lipinski definition) is 1. The highest BCUT2D eigenvalue weighted by molar-refractivity contribution is 6.36. The third kappa shape index (κ3) is 3.08. The van der Waals surface area contributed by atoms with Crippen molar-refractivity contribution in [3.8, 4) is 11.3 Å². The van der Waals surface area contributed by atoms with Crippen LogP contribution >= 0.6 is 11.6 Å². The highest BCUT2D eigenvalue weighted by Gasteiger charge is 2.12. The lowest BCUT2D eigenvalue weighted by molar-refractivity contribution is 0.925. The largest absolute Gasteiger partial charge is 0.366 e. The molecular weight excluding hydrogens is 332 g/mol. The van der Waals surface area contributed by atoms with E-state index in [1.807, 2.05) is 48.7 Å². The summed E-state index contributed by atoms with van der Waals surface area (Å²) < 4.78 is 1.69. The maximum Gasteiger partial charge on any atom is 0.150 e. The maximum absolute atomic E-state index is 6.33. The molecule has 0 aliphatic rings. The molecule has 0 aliphatic heterocycles. The number of aromatic nitrogens is 4. The third-order valence-electron chi connectivity index (χ3n) is 3.85. The Morgan fingerprint density at radius 1 is 1.12 bits per heavy atom. The van der Waals surface area contributed by atoms with Crippen LogP contribution in [0, 0.1) is 0 Å². The molecule has 3 aromatic heterocycles. The number of fused-ring (bicyclic) bond motifs is 1. The molecule has 0 saturated heterocycles. The Bertz CT molecular complexity index is 1030. The fourth-order valence-electron chi connectivity index (χ4n) is 2.61. The molecule has 0 aliphatic carbocycles. The van der Waals surface area contributed by atoms with Gasteiger partial charge in [0, 0.05) is 41.8 Å². The molecule has 7 heteroatoms. The van der Waals surface area contributed by atoms with Gasteiger partial charge in [0.05, 0.1) is 5.69 Å². The highest BCUT2D eigenvalue weighted by atomic mass is 35.5. The number of anilines is 1. The van der Waals surface area contributed by atoms with Gasteiger partial charge in [-0.05, 0) is 23.2 Å². The predicted octanol–water partition coefficient (Wildman–Crippen LogP) is 2.85. The predicted molar refractivity (Wildman–Crippen MR) is 100 cm³/mol. The average Bonchev–Trinajstić information content (AvgIpc) is 3.02. The van der Waals surface area contributed by atoms with E-state index in [1.54, 1.807) is 16.9 Å². The Morgan fingerprint density at radius 3 is 2.80 bits per heavy atom. The second kappa shape index (κ2) is 6.57. The smallest absolute Gasteiger partial charge is 0.150 e. The van der Waals surface area contributed by atoms with Crippen LogP contribution in [0.25, 0.3) is 16.9 Å². The van der Waals surface area contributed by atoms with Crippen molar-refractivity contribution < 1.29 is 0 Å². The van der Waals surface area contributed by atoms with E-state index >= 15 is 0 Å². The lowest BCUT2D eigenvalue weighted by Crippen LogP contribution is -2.09. The summed E-state index contributed by atoms with van der Waals surface area (Å²) in [5, 5.41) is 8.31. The van der Waals surface area contributed by atoms with Gasteiger partial charge in [-0.25, -0.2) is 4.98 Å². The fourth-order valence-corrected chi connectivity index (χ4v) is 2.84. The summed E-state index contributed by atoms with van der Waals surface area (Å²) in [7, 11) is 6.02. The second-order valence-electron chi connectivity index (χ2n) is 5.56. The van der Waals surface area contributed by atoms with Crippen molar-refractivity contribution in [3.63, 3.8) is 0 Å². The number of rotatable bonds is 4. The first-order chi connectivity index (χ1) is 12.2. The summed E-state index contributed by atoms with van der Waals surface area (Å²) >= 11 is 6.33. The van der Waals surface area contributed by atoms with Gasteiger partial charge in [-0.2, -0.15) is 9.61 Å². The fraction of sp³-hybridized carbons (Fsp3) is 0.0556. The van der Waals surface area contributed by atoms with E-state index in [9.17, 15) is 0 Å². The molecule has 2 radical (unpaired) electrons. The minimum atomic E-state index is 0.512. The molecule has 1 N–H and O–H groups in total.